The van der Waals surface area contributed by atoms with Gasteiger partial charge in [-0.3, -0.25) is 5.01 Å². The van der Waals surface area contributed by atoms with Crippen molar-refractivity contribution >= 4 is 33.4 Å². The summed E-state index contributed by atoms with van der Waals surface area (Å²) in [5, 5.41) is 19.8. The Kier molecular flexibility index (Phi) is 5.57. The molecule has 2 aliphatic rings. The second kappa shape index (κ2) is 7.68. The quantitative estimate of drug-likeness (QED) is 0.646. The minimum absolute atomic E-state index is 0.0200. The second-order valence-corrected chi connectivity index (χ2v) is 8.49. The Morgan fingerprint density at radius 3 is 2.52 bits per heavy atom. The van der Waals surface area contributed by atoms with Gasteiger partial charge in [0, 0.05) is 12.3 Å². The van der Waals surface area contributed by atoms with Crippen molar-refractivity contribution in [2.75, 3.05) is 38.6 Å². The maximum absolute atomic E-state index is 12.6. The molecule has 136 valence electrons. The van der Waals surface area contributed by atoms with E-state index in [0.717, 1.165) is 16.1 Å². The highest BCUT2D eigenvalue weighted by molar-refractivity contribution is 8.02. The molecule has 0 bridgehead atoms. The number of carbonyl (C=O) groups is 1. The van der Waals surface area contributed by atoms with Crippen LogP contribution >= 0.6 is 11.8 Å². The number of rotatable bonds is 5. The molecule has 11 heteroatoms. The minimum atomic E-state index is -3.89. The van der Waals surface area contributed by atoms with E-state index in [2.05, 4.69) is 10.3 Å². The zero-order valence-corrected chi connectivity index (χ0v) is 14.9. The highest BCUT2D eigenvalue weighted by Gasteiger charge is 2.36. The molecule has 0 saturated carbocycles. The molecule has 0 N–H and O–H groups in total. The zero-order valence-electron chi connectivity index (χ0n) is 13.3. The predicted molar refractivity (Wildman–Crippen MR) is 88.5 cm³/mol. The average Bonchev–Trinajstić information content (AvgIpc) is 3.12. The van der Waals surface area contributed by atoms with Crippen LogP contribution in [0.4, 0.5) is 5.69 Å². The van der Waals surface area contributed by atoms with Gasteiger partial charge in [0.2, 0.25) is 10.0 Å². The Labute approximate surface area is 149 Å². The molecule has 0 radical (unpaired) electrons. The fourth-order valence-electron chi connectivity index (χ4n) is 2.46. The third-order valence-electron chi connectivity index (χ3n) is 3.77. The number of aliphatic carboxylic acids is 1. The van der Waals surface area contributed by atoms with Crippen molar-refractivity contribution in [3.63, 3.8) is 0 Å². The summed E-state index contributed by atoms with van der Waals surface area (Å²) in [6.45, 7) is 2.66. The Morgan fingerprint density at radius 1 is 1.20 bits per heavy atom. The van der Waals surface area contributed by atoms with Crippen LogP contribution in [0.15, 0.2) is 39.5 Å². The van der Waals surface area contributed by atoms with E-state index in [1.54, 1.807) is 5.01 Å². The van der Waals surface area contributed by atoms with Crippen molar-refractivity contribution in [1.29, 1.82) is 0 Å². The van der Waals surface area contributed by atoms with Gasteiger partial charge in [-0.05, 0) is 24.3 Å². The van der Waals surface area contributed by atoms with Crippen molar-refractivity contribution in [3.05, 3.63) is 24.3 Å². The third-order valence-corrected chi connectivity index (χ3v) is 6.96. The summed E-state index contributed by atoms with van der Waals surface area (Å²) in [7, 11) is -3.89. The molecule has 0 aromatic heterocycles. The molecule has 2 aliphatic heterocycles. The molecule has 0 aliphatic carbocycles. The SMILES string of the molecule is O=C([O-])[C@@H]1SCCN1S(=O)(=O)c1ccc(N=NN2CCOCC2)cc1. The van der Waals surface area contributed by atoms with Crippen LogP contribution < -0.4 is 5.11 Å². The molecule has 2 fully saturated rings. The van der Waals surface area contributed by atoms with Gasteiger partial charge in [-0.1, -0.05) is 5.22 Å². The summed E-state index contributed by atoms with van der Waals surface area (Å²) in [5.41, 5.74) is 0.512. The first-order chi connectivity index (χ1) is 12.0. The lowest BCUT2D eigenvalue weighted by Gasteiger charge is -2.23. The molecular weight excluding hydrogens is 368 g/mol. The number of carboxylic acids is 1. The lowest BCUT2D eigenvalue weighted by atomic mass is 10.3. The second-order valence-electron chi connectivity index (χ2n) is 5.41. The van der Waals surface area contributed by atoms with Crippen molar-refractivity contribution in [2.24, 2.45) is 10.3 Å². The normalized spacial score (nSPS) is 22.6. The number of thioether (sulfide) groups is 1. The highest BCUT2D eigenvalue weighted by Crippen LogP contribution is 2.30. The van der Waals surface area contributed by atoms with E-state index in [1.807, 2.05) is 0 Å². The van der Waals surface area contributed by atoms with Gasteiger partial charge in [-0.25, -0.2) is 8.42 Å². The van der Waals surface area contributed by atoms with Gasteiger partial charge in [-0.2, -0.15) is 4.31 Å². The largest absolute Gasteiger partial charge is 0.547 e. The third kappa shape index (κ3) is 4.11. The van der Waals surface area contributed by atoms with Crippen molar-refractivity contribution in [1.82, 2.24) is 9.31 Å². The summed E-state index contributed by atoms with van der Waals surface area (Å²) in [6, 6.07) is 5.87. The number of sulfonamides is 1. The summed E-state index contributed by atoms with van der Waals surface area (Å²) in [4.78, 5) is 11.1. The molecule has 2 heterocycles. The maximum Gasteiger partial charge on any atom is 0.244 e. The molecule has 0 amide bonds. The van der Waals surface area contributed by atoms with Gasteiger partial charge in [0.25, 0.3) is 0 Å². The maximum atomic E-state index is 12.6. The monoisotopic (exact) mass is 385 g/mol. The molecule has 0 unspecified atom stereocenters. The van der Waals surface area contributed by atoms with Crippen molar-refractivity contribution in [2.45, 2.75) is 10.3 Å². The lowest BCUT2D eigenvalue weighted by molar-refractivity contribution is -0.306. The molecule has 2 saturated heterocycles. The van der Waals surface area contributed by atoms with Crippen molar-refractivity contribution < 1.29 is 23.1 Å². The zero-order chi connectivity index (χ0) is 17.9. The van der Waals surface area contributed by atoms with E-state index >= 15 is 0 Å². The molecule has 9 nitrogen and oxygen atoms in total. The highest BCUT2D eigenvalue weighted by atomic mass is 32.2. The standard InChI is InChI=1S/C14H18N4O5S2/c19-14(20)13-18(7-10-24-13)25(21,22)12-3-1-11(2-4-12)15-16-17-5-8-23-9-6-17/h1-4,13H,5-10H2,(H,19,20)/p-1/t13-/m0/s1. The van der Waals surface area contributed by atoms with Crippen molar-refractivity contribution in [3.8, 4) is 0 Å². The van der Waals surface area contributed by atoms with E-state index in [9.17, 15) is 18.3 Å². The number of carboxylic acid groups (broad SMARTS) is 1. The number of benzene rings is 1. The van der Waals surface area contributed by atoms with Crippen LogP contribution in [0.1, 0.15) is 0 Å². The first-order valence-electron chi connectivity index (χ1n) is 7.67. The van der Waals surface area contributed by atoms with Crippen LogP contribution in [0.25, 0.3) is 0 Å². The van der Waals surface area contributed by atoms with E-state index in [0.29, 0.717) is 37.7 Å². The van der Waals surface area contributed by atoms with Gasteiger partial charge in [0.15, 0.2) is 0 Å². The van der Waals surface area contributed by atoms with E-state index in [-0.39, 0.29) is 11.4 Å². The van der Waals surface area contributed by atoms with E-state index in [1.165, 1.54) is 24.3 Å². The van der Waals surface area contributed by atoms with Gasteiger partial charge in [0.1, 0.15) is 5.37 Å². The van der Waals surface area contributed by atoms with Gasteiger partial charge >= 0.3 is 0 Å². The molecule has 1 aromatic carbocycles. The molecule has 1 atom stereocenters. The fourth-order valence-corrected chi connectivity index (χ4v) is 5.46. The molecule has 25 heavy (non-hydrogen) atoms. The molecule has 0 spiro atoms. The number of hydrogen-bond donors (Lipinski definition) is 0. The number of morpholine rings is 1. The predicted octanol–water partition coefficient (Wildman–Crippen LogP) is -0.169. The van der Waals surface area contributed by atoms with Gasteiger partial charge in [0.05, 0.1) is 42.9 Å². The lowest BCUT2D eigenvalue weighted by Crippen LogP contribution is -2.45. The first-order valence-corrected chi connectivity index (χ1v) is 10.2. The summed E-state index contributed by atoms with van der Waals surface area (Å²) in [6.07, 6.45) is 0. The van der Waals surface area contributed by atoms with Crippen LogP contribution in [0, 0.1) is 0 Å². The topological polar surface area (TPSA) is 115 Å². The van der Waals surface area contributed by atoms with Gasteiger partial charge in [-0.15, -0.1) is 16.9 Å². The van der Waals surface area contributed by atoms with E-state index in [4.69, 9.17) is 4.74 Å². The Balaban J connectivity index is 1.72. The summed E-state index contributed by atoms with van der Waals surface area (Å²) >= 11 is 1.04. The molecule has 1 aromatic rings. The van der Waals surface area contributed by atoms with Crippen LogP contribution in [-0.2, 0) is 19.6 Å². The smallest absolute Gasteiger partial charge is 0.244 e. The molecular formula is C14H17N4O5S2-. The van der Waals surface area contributed by atoms with Crippen LogP contribution in [0.3, 0.4) is 0 Å². The average molecular weight is 385 g/mol. The first kappa shape index (κ1) is 18.1. The number of nitrogens with zero attached hydrogens (tertiary/aromatic N) is 4. The van der Waals surface area contributed by atoms with Crippen LogP contribution in [0.5, 0.6) is 0 Å². The summed E-state index contributed by atoms with van der Waals surface area (Å²) in [5.74, 6) is -0.981. The Bertz CT molecular complexity index is 747. The molecule has 3 rings (SSSR count). The number of carbonyl (C=O) groups excluding carboxylic acids is 1. The van der Waals surface area contributed by atoms with E-state index < -0.39 is 21.4 Å². The number of hydrogen-bond acceptors (Lipinski definition) is 8. The van der Waals surface area contributed by atoms with Gasteiger partial charge < -0.3 is 14.6 Å². The summed E-state index contributed by atoms with van der Waals surface area (Å²) < 4.78 is 31.4. The fraction of sp³-hybridized carbons (Fsp3) is 0.500. The van der Waals surface area contributed by atoms with Crippen LogP contribution in [-0.4, -0.2) is 67.7 Å². The Hall–Kier alpha value is -1.69. The van der Waals surface area contributed by atoms with Crippen LogP contribution in [0.2, 0.25) is 0 Å². The number of ether oxygens (including phenoxy) is 1. The Morgan fingerprint density at radius 2 is 1.88 bits per heavy atom. The minimum Gasteiger partial charge on any atom is -0.547 e.